The number of rotatable bonds is 3. The highest BCUT2D eigenvalue weighted by Gasteiger charge is 2.56. The zero-order chi connectivity index (χ0) is 13.1. The number of carbonyl (C=O) groups is 1. The van der Waals surface area contributed by atoms with Crippen molar-refractivity contribution >= 4 is 5.97 Å². The number of hydrogen-bond acceptors (Lipinski definition) is 3. The van der Waals surface area contributed by atoms with Gasteiger partial charge in [-0.3, -0.25) is 0 Å². The van der Waals surface area contributed by atoms with Crippen LogP contribution in [-0.4, -0.2) is 23.1 Å². The monoisotopic (exact) mass is 259 g/mol. The highest BCUT2D eigenvalue weighted by molar-refractivity contribution is 5.74. The molecule has 1 unspecified atom stereocenters. The van der Waals surface area contributed by atoms with E-state index in [2.05, 4.69) is 0 Å². The molecule has 4 aliphatic carbocycles. The first-order valence-electron chi connectivity index (χ1n) is 6.67. The second-order valence-corrected chi connectivity index (χ2v) is 6.36. The first kappa shape index (κ1) is 12.3. The molecule has 18 heavy (non-hydrogen) atoms. The third-order valence-corrected chi connectivity index (χ3v) is 5.31. The third kappa shape index (κ3) is 1.67. The van der Waals surface area contributed by atoms with Crippen molar-refractivity contribution in [1.82, 2.24) is 0 Å². The molecule has 4 bridgehead atoms. The summed E-state index contributed by atoms with van der Waals surface area (Å²) in [7, 11) is 0. The predicted molar refractivity (Wildman–Crippen MR) is 56.5 cm³/mol. The van der Waals surface area contributed by atoms with Crippen molar-refractivity contribution in [2.75, 3.05) is 0 Å². The van der Waals surface area contributed by atoms with Crippen molar-refractivity contribution in [3.63, 3.8) is 0 Å². The molecule has 0 heterocycles. The van der Waals surface area contributed by atoms with Gasteiger partial charge in [-0.1, -0.05) is 0 Å². The fourth-order valence-corrected chi connectivity index (χ4v) is 4.85. The molecule has 1 atom stereocenters. The van der Waals surface area contributed by atoms with E-state index in [4.69, 9.17) is 0 Å². The molecular weight excluding hydrogens is 242 g/mol. The van der Waals surface area contributed by atoms with Crippen molar-refractivity contribution in [2.24, 2.45) is 29.6 Å². The summed E-state index contributed by atoms with van der Waals surface area (Å²) >= 11 is 0. The van der Waals surface area contributed by atoms with E-state index in [0.717, 1.165) is 25.7 Å². The summed E-state index contributed by atoms with van der Waals surface area (Å²) in [5.74, 6) is -5.79. The van der Waals surface area contributed by atoms with Gasteiger partial charge in [0.15, 0.2) is 0 Å². The number of hydrogen-bond donors (Lipinski definition) is 1. The van der Waals surface area contributed by atoms with Gasteiger partial charge in [0.2, 0.25) is 0 Å². The molecule has 4 rings (SSSR count). The summed E-state index contributed by atoms with van der Waals surface area (Å²) < 4.78 is 26.9. The zero-order valence-electron chi connectivity index (χ0n) is 10.0. The second kappa shape index (κ2) is 3.89. The number of carboxylic acids is 1. The summed E-state index contributed by atoms with van der Waals surface area (Å²) in [5.41, 5.74) is 0. The summed E-state index contributed by atoms with van der Waals surface area (Å²) in [6.07, 6.45) is 2.59. The van der Waals surface area contributed by atoms with Crippen LogP contribution in [-0.2, 0) is 4.79 Å². The van der Waals surface area contributed by atoms with Crippen LogP contribution in [0.15, 0.2) is 0 Å². The summed E-state index contributed by atoms with van der Waals surface area (Å²) in [5, 5.41) is 20.3. The topological polar surface area (TPSA) is 60.4 Å². The molecule has 3 nitrogen and oxygen atoms in total. The molecule has 5 heteroatoms. The predicted octanol–water partition coefficient (Wildman–Crippen LogP) is 0.805. The molecule has 102 valence electrons. The number of carbonyl (C=O) groups excluding carboxylic acids is 1. The number of aliphatic hydroxyl groups excluding tert-OH is 1. The molecule has 1 N–H and O–H groups in total. The Kier molecular flexibility index (Phi) is 2.66. The smallest absolute Gasteiger partial charge is 0.312 e. The van der Waals surface area contributed by atoms with E-state index in [1.165, 1.54) is 6.42 Å². The number of alkyl halides is 2. The molecule has 4 saturated carbocycles. The van der Waals surface area contributed by atoms with Crippen LogP contribution in [0.5, 0.6) is 0 Å². The first-order chi connectivity index (χ1) is 8.39. The molecule has 0 aliphatic heterocycles. The molecule has 0 amide bonds. The Labute approximate surface area is 104 Å². The fraction of sp³-hybridized carbons (Fsp3) is 0.923. The van der Waals surface area contributed by atoms with Crippen LogP contribution in [0.25, 0.3) is 0 Å². The number of aliphatic carboxylic acids is 1. The van der Waals surface area contributed by atoms with Gasteiger partial charge in [0.1, 0.15) is 12.1 Å². The van der Waals surface area contributed by atoms with Crippen molar-refractivity contribution in [3.8, 4) is 0 Å². The van der Waals surface area contributed by atoms with Crippen molar-refractivity contribution in [3.05, 3.63) is 0 Å². The average Bonchev–Trinajstić information content (AvgIpc) is 2.26. The van der Waals surface area contributed by atoms with Crippen molar-refractivity contribution < 1.29 is 23.8 Å². The summed E-state index contributed by atoms with van der Waals surface area (Å²) in [6, 6.07) is 0. The quantitative estimate of drug-likeness (QED) is 0.815. The number of halogens is 2. The number of carboxylic acid groups (broad SMARTS) is 1. The van der Waals surface area contributed by atoms with Crippen LogP contribution >= 0.6 is 0 Å². The van der Waals surface area contributed by atoms with Gasteiger partial charge in [-0.2, -0.15) is 8.78 Å². The fourth-order valence-electron chi connectivity index (χ4n) is 4.85. The lowest BCUT2D eigenvalue weighted by Crippen LogP contribution is -2.58. The number of aliphatic hydroxyl groups is 1. The molecule has 0 spiro atoms. The molecular formula is C13H17F2O3-. The van der Waals surface area contributed by atoms with Gasteiger partial charge in [-0.25, -0.2) is 0 Å². The first-order valence-corrected chi connectivity index (χ1v) is 6.67. The standard InChI is InChI=1S/C13H18F2O3/c14-13(15,12(17)18)11(16)10-8-2-6-1-7(4-8)5-9(10)3-6/h6-11,16H,1-5H2,(H,17,18)/p-1. The minimum Gasteiger partial charge on any atom is -0.544 e. The lowest BCUT2D eigenvalue weighted by Gasteiger charge is -2.56. The minimum atomic E-state index is -4.12. The summed E-state index contributed by atoms with van der Waals surface area (Å²) in [6.45, 7) is 0. The Morgan fingerprint density at radius 2 is 1.56 bits per heavy atom. The molecule has 4 aliphatic rings. The van der Waals surface area contributed by atoms with E-state index in [1.807, 2.05) is 0 Å². The second-order valence-electron chi connectivity index (χ2n) is 6.36. The maximum Gasteiger partial charge on any atom is 0.312 e. The van der Waals surface area contributed by atoms with Crippen molar-refractivity contribution in [1.29, 1.82) is 0 Å². The van der Waals surface area contributed by atoms with Gasteiger partial charge in [0.25, 0.3) is 0 Å². The van der Waals surface area contributed by atoms with Gasteiger partial charge in [0.05, 0.1) is 0 Å². The van der Waals surface area contributed by atoms with Crippen LogP contribution in [0.2, 0.25) is 0 Å². The lowest BCUT2D eigenvalue weighted by molar-refractivity contribution is -0.340. The van der Waals surface area contributed by atoms with Crippen LogP contribution in [0, 0.1) is 29.6 Å². The maximum atomic E-state index is 13.4. The molecule has 0 aromatic heterocycles. The normalized spacial score (nSPS) is 44.1. The van der Waals surface area contributed by atoms with E-state index in [0.29, 0.717) is 11.8 Å². The molecule has 0 aromatic carbocycles. The van der Waals surface area contributed by atoms with E-state index in [1.54, 1.807) is 0 Å². The molecule has 4 fully saturated rings. The minimum absolute atomic E-state index is 0.0708. The third-order valence-electron chi connectivity index (χ3n) is 5.31. The van der Waals surface area contributed by atoms with Crippen LogP contribution in [0.1, 0.15) is 32.1 Å². The van der Waals surface area contributed by atoms with E-state index >= 15 is 0 Å². The highest BCUT2D eigenvalue weighted by atomic mass is 19.3. The van der Waals surface area contributed by atoms with Gasteiger partial charge in [0, 0.05) is 0 Å². The molecule has 0 saturated heterocycles. The lowest BCUT2D eigenvalue weighted by atomic mass is 9.50. The van der Waals surface area contributed by atoms with E-state index in [-0.39, 0.29) is 11.8 Å². The Hall–Kier alpha value is -0.710. The maximum absolute atomic E-state index is 13.4. The van der Waals surface area contributed by atoms with Crippen LogP contribution in [0.4, 0.5) is 8.78 Å². The van der Waals surface area contributed by atoms with Gasteiger partial charge in [-0.15, -0.1) is 0 Å². The highest BCUT2D eigenvalue weighted by Crippen LogP contribution is 2.58. The Morgan fingerprint density at radius 3 is 1.94 bits per heavy atom. The van der Waals surface area contributed by atoms with Gasteiger partial charge in [-0.05, 0) is 61.7 Å². The molecule has 0 aromatic rings. The van der Waals surface area contributed by atoms with Gasteiger partial charge < -0.3 is 15.0 Å². The largest absolute Gasteiger partial charge is 0.544 e. The van der Waals surface area contributed by atoms with E-state index in [9.17, 15) is 23.8 Å². The van der Waals surface area contributed by atoms with Crippen LogP contribution < -0.4 is 5.11 Å². The van der Waals surface area contributed by atoms with Crippen molar-refractivity contribution in [2.45, 2.75) is 44.1 Å². The average molecular weight is 259 g/mol. The Balaban J connectivity index is 1.82. The van der Waals surface area contributed by atoms with Crippen LogP contribution in [0.3, 0.4) is 0 Å². The zero-order valence-corrected chi connectivity index (χ0v) is 10.0. The SMILES string of the molecule is O=C([O-])C(F)(F)C(O)C1C2CC3CC(C2)CC1C3. The Bertz CT molecular complexity index is 341. The molecule has 0 radical (unpaired) electrons. The van der Waals surface area contributed by atoms with Gasteiger partial charge >= 0.3 is 5.92 Å². The summed E-state index contributed by atoms with van der Waals surface area (Å²) in [4.78, 5) is 10.5. The Morgan fingerprint density at radius 1 is 1.11 bits per heavy atom. The van der Waals surface area contributed by atoms with E-state index < -0.39 is 23.9 Å².